The van der Waals surface area contributed by atoms with Crippen LogP contribution >= 0.6 is 11.3 Å². The van der Waals surface area contributed by atoms with Gasteiger partial charge in [0.2, 0.25) is 0 Å². The summed E-state index contributed by atoms with van der Waals surface area (Å²) in [4.78, 5) is 3.95. The van der Waals surface area contributed by atoms with Crippen molar-refractivity contribution >= 4 is 11.3 Å². The van der Waals surface area contributed by atoms with Crippen molar-refractivity contribution in [3.8, 4) is 0 Å². The molecule has 1 aromatic heterocycles. The summed E-state index contributed by atoms with van der Waals surface area (Å²) < 4.78 is 0. The predicted molar refractivity (Wildman–Crippen MR) is 70.5 cm³/mol. The summed E-state index contributed by atoms with van der Waals surface area (Å²) >= 11 is 1.84. The molecule has 2 rings (SSSR count). The molecular formula is C13H20N2S. The van der Waals surface area contributed by atoms with E-state index in [4.69, 9.17) is 5.73 Å². The Kier molecular flexibility index (Phi) is 4.16. The van der Waals surface area contributed by atoms with Gasteiger partial charge in [-0.05, 0) is 30.3 Å². The molecule has 0 saturated heterocycles. The summed E-state index contributed by atoms with van der Waals surface area (Å²) in [6, 6.07) is 4.62. The van der Waals surface area contributed by atoms with Crippen molar-refractivity contribution in [1.29, 1.82) is 0 Å². The minimum atomic E-state index is 0.283. The van der Waals surface area contributed by atoms with Crippen LogP contribution in [0, 0.1) is 5.92 Å². The second-order valence-corrected chi connectivity index (χ2v) is 5.48. The molecule has 1 aliphatic rings. The predicted octanol–water partition coefficient (Wildman–Crippen LogP) is 2.47. The maximum Gasteiger partial charge on any atom is 0.0328 e. The summed E-state index contributed by atoms with van der Waals surface area (Å²) in [5, 5.41) is 2.15. The summed E-state index contributed by atoms with van der Waals surface area (Å²) in [6.07, 6.45) is 5.53. The van der Waals surface area contributed by atoms with Crippen LogP contribution in [0.2, 0.25) is 0 Å². The SMILES string of the molecule is CCN(Cc1cccs1)CC1C=CC(N)C1. The number of rotatable bonds is 5. The van der Waals surface area contributed by atoms with Gasteiger partial charge in [0.1, 0.15) is 0 Å². The third-order valence-corrected chi connectivity index (χ3v) is 3.97. The van der Waals surface area contributed by atoms with E-state index in [1.165, 1.54) is 4.88 Å². The van der Waals surface area contributed by atoms with Crippen LogP contribution in [-0.2, 0) is 6.54 Å². The average molecular weight is 236 g/mol. The Hall–Kier alpha value is -0.640. The van der Waals surface area contributed by atoms with Crippen molar-refractivity contribution < 1.29 is 0 Å². The average Bonchev–Trinajstić information content (AvgIpc) is 2.89. The van der Waals surface area contributed by atoms with Crippen LogP contribution in [0.1, 0.15) is 18.2 Å². The van der Waals surface area contributed by atoms with Gasteiger partial charge in [-0.2, -0.15) is 0 Å². The zero-order chi connectivity index (χ0) is 11.4. The lowest BCUT2D eigenvalue weighted by molar-refractivity contribution is 0.251. The van der Waals surface area contributed by atoms with Crippen molar-refractivity contribution in [2.75, 3.05) is 13.1 Å². The Morgan fingerprint density at radius 2 is 2.38 bits per heavy atom. The van der Waals surface area contributed by atoms with Gasteiger partial charge in [0.05, 0.1) is 0 Å². The molecule has 0 fully saturated rings. The fourth-order valence-electron chi connectivity index (χ4n) is 2.20. The van der Waals surface area contributed by atoms with Crippen molar-refractivity contribution in [1.82, 2.24) is 4.90 Å². The maximum absolute atomic E-state index is 5.88. The molecule has 0 saturated carbocycles. The summed E-state index contributed by atoms with van der Waals surface area (Å²) in [6.45, 7) is 5.55. The number of nitrogens with zero attached hydrogens (tertiary/aromatic N) is 1. The minimum Gasteiger partial charge on any atom is -0.324 e. The highest BCUT2D eigenvalue weighted by Gasteiger charge is 2.18. The van der Waals surface area contributed by atoms with E-state index in [9.17, 15) is 0 Å². The van der Waals surface area contributed by atoms with E-state index < -0.39 is 0 Å². The van der Waals surface area contributed by atoms with Gasteiger partial charge in [0.15, 0.2) is 0 Å². The molecule has 0 spiro atoms. The molecule has 1 heterocycles. The Morgan fingerprint density at radius 3 is 2.94 bits per heavy atom. The van der Waals surface area contributed by atoms with Crippen LogP contribution in [-0.4, -0.2) is 24.0 Å². The van der Waals surface area contributed by atoms with Gasteiger partial charge < -0.3 is 5.73 Å². The highest BCUT2D eigenvalue weighted by Crippen LogP contribution is 2.19. The first-order valence-electron chi connectivity index (χ1n) is 5.96. The normalized spacial score (nSPS) is 24.4. The van der Waals surface area contributed by atoms with Crippen molar-refractivity contribution in [3.05, 3.63) is 34.5 Å². The number of nitrogens with two attached hydrogens (primary N) is 1. The van der Waals surface area contributed by atoms with Gasteiger partial charge in [-0.15, -0.1) is 11.3 Å². The van der Waals surface area contributed by atoms with Crippen LogP contribution in [0.5, 0.6) is 0 Å². The molecule has 2 atom stereocenters. The molecule has 3 heteroatoms. The molecule has 2 unspecified atom stereocenters. The smallest absolute Gasteiger partial charge is 0.0328 e. The molecule has 0 bridgehead atoms. The monoisotopic (exact) mass is 236 g/mol. The van der Waals surface area contributed by atoms with E-state index in [-0.39, 0.29) is 6.04 Å². The van der Waals surface area contributed by atoms with Crippen LogP contribution < -0.4 is 5.73 Å². The molecule has 2 N–H and O–H groups in total. The lowest BCUT2D eigenvalue weighted by Crippen LogP contribution is -2.29. The third-order valence-electron chi connectivity index (χ3n) is 3.10. The van der Waals surface area contributed by atoms with E-state index in [0.717, 1.165) is 26.1 Å². The first-order chi connectivity index (χ1) is 7.78. The molecular weight excluding hydrogens is 216 g/mol. The quantitative estimate of drug-likeness (QED) is 0.796. The highest BCUT2D eigenvalue weighted by molar-refractivity contribution is 7.09. The molecule has 1 aromatic rings. The summed E-state index contributed by atoms with van der Waals surface area (Å²) in [5.41, 5.74) is 5.88. The van der Waals surface area contributed by atoms with Crippen LogP contribution in [0.15, 0.2) is 29.7 Å². The number of thiophene rings is 1. The Morgan fingerprint density at radius 1 is 1.50 bits per heavy atom. The Bertz CT molecular complexity index is 332. The summed E-state index contributed by atoms with van der Waals surface area (Å²) in [7, 11) is 0. The van der Waals surface area contributed by atoms with Gasteiger partial charge >= 0.3 is 0 Å². The second kappa shape index (κ2) is 5.62. The van der Waals surface area contributed by atoms with Crippen molar-refractivity contribution in [2.45, 2.75) is 25.9 Å². The first-order valence-corrected chi connectivity index (χ1v) is 6.84. The van der Waals surface area contributed by atoms with Gasteiger partial charge in [-0.3, -0.25) is 4.90 Å². The largest absolute Gasteiger partial charge is 0.324 e. The molecule has 0 amide bonds. The highest BCUT2D eigenvalue weighted by atomic mass is 32.1. The van der Waals surface area contributed by atoms with E-state index in [1.807, 2.05) is 11.3 Å². The van der Waals surface area contributed by atoms with Gasteiger partial charge in [0, 0.05) is 24.0 Å². The lowest BCUT2D eigenvalue weighted by atomic mass is 10.1. The maximum atomic E-state index is 5.88. The third kappa shape index (κ3) is 3.17. The van der Waals surface area contributed by atoms with Crippen LogP contribution in [0.3, 0.4) is 0 Å². The molecule has 0 aromatic carbocycles. The number of hydrogen-bond donors (Lipinski definition) is 1. The van der Waals surface area contributed by atoms with E-state index in [0.29, 0.717) is 5.92 Å². The topological polar surface area (TPSA) is 29.3 Å². The minimum absolute atomic E-state index is 0.283. The van der Waals surface area contributed by atoms with Gasteiger partial charge in [0.25, 0.3) is 0 Å². The summed E-state index contributed by atoms with van der Waals surface area (Å²) in [5.74, 6) is 0.648. The molecule has 16 heavy (non-hydrogen) atoms. The Labute approximate surface area is 102 Å². The Balaban J connectivity index is 1.84. The number of hydrogen-bond acceptors (Lipinski definition) is 3. The fraction of sp³-hybridized carbons (Fsp3) is 0.538. The fourth-order valence-corrected chi connectivity index (χ4v) is 2.95. The zero-order valence-electron chi connectivity index (χ0n) is 9.80. The molecule has 0 aliphatic heterocycles. The van der Waals surface area contributed by atoms with Crippen molar-refractivity contribution in [3.63, 3.8) is 0 Å². The standard InChI is InChI=1S/C13H20N2S/c1-2-15(10-13-4-3-7-16-13)9-11-5-6-12(14)8-11/h3-7,11-12H,2,8-10,14H2,1H3. The second-order valence-electron chi connectivity index (χ2n) is 4.45. The molecule has 88 valence electrons. The van der Waals surface area contributed by atoms with Gasteiger partial charge in [-0.25, -0.2) is 0 Å². The molecule has 2 nitrogen and oxygen atoms in total. The first kappa shape index (κ1) is 11.8. The zero-order valence-corrected chi connectivity index (χ0v) is 10.6. The van der Waals surface area contributed by atoms with Crippen molar-refractivity contribution in [2.24, 2.45) is 11.7 Å². The van der Waals surface area contributed by atoms with E-state index in [2.05, 4.69) is 41.5 Å². The molecule has 0 radical (unpaired) electrons. The lowest BCUT2D eigenvalue weighted by Gasteiger charge is -2.23. The molecule has 1 aliphatic carbocycles. The van der Waals surface area contributed by atoms with Crippen LogP contribution in [0.4, 0.5) is 0 Å². The van der Waals surface area contributed by atoms with Gasteiger partial charge in [-0.1, -0.05) is 25.1 Å². The van der Waals surface area contributed by atoms with E-state index in [1.54, 1.807) is 0 Å². The van der Waals surface area contributed by atoms with E-state index >= 15 is 0 Å². The van der Waals surface area contributed by atoms with Crippen LogP contribution in [0.25, 0.3) is 0 Å².